The second-order valence-corrected chi connectivity index (χ2v) is 7.11. The van der Waals surface area contributed by atoms with Gasteiger partial charge in [-0.2, -0.15) is 5.10 Å². The van der Waals surface area contributed by atoms with Crippen molar-refractivity contribution >= 4 is 16.0 Å². The van der Waals surface area contributed by atoms with Crippen LogP contribution in [-0.2, 0) is 21.8 Å². The van der Waals surface area contributed by atoms with E-state index in [0.717, 1.165) is 11.3 Å². The minimum atomic E-state index is -3.78. The van der Waals surface area contributed by atoms with Gasteiger partial charge in [-0.05, 0) is 39.0 Å². The first-order chi connectivity index (χ1) is 11.3. The lowest BCUT2D eigenvalue weighted by molar-refractivity contribution is 0.0526. The van der Waals surface area contributed by atoms with Crippen molar-refractivity contribution in [3.63, 3.8) is 0 Å². The Morgan fingerprint density at radius 3 is 2.71 bits per heavy atom. The molecule has 130 valence electrons. The molecule has 1 aromatic heterocycles. The minimum absolute atomic E-state index is 0.0152. The molecule has 8 heteroatoms. The molecule has 0 aliphatic heterocycles. The van der Waals surface area contributed by atoms with Gasteiger partial charge in [0, 0.05) is 24.3 Å². The van der Waals surface area contributed by atoms with Crippen molar-refractivity contribution in [2.24, 2.45) is 7.05 Å². The molecule has 0 bridgehead atoms. The minimum Gasteiger partial charge on any atom is -0.462 e. The number of benzene rings is 1. The van der Waals surface area contributed by atoms with Crippen LogP contribution in [0.5, 0.6) is 0 Å². The fourth-order valence-corrected chi connectivity index (χ4v) is 3.58. The van der Waals surface area contributed by atoms with E-state index in [9.17, 15) is 13.2 Å². The molecular weight excluding hydrogens is 330 g/mol. The van der Waals surface area contributed by atoms with Crippen LogP contribution in [0, 0.1) is 6.92 Å². The van der Waals surface area contributed by atoms with E-state index < -0.39 is 22.0 Å². The Labute approximate surface area is 141 Å². The number of hydrogen-bond donors (Lipinski definition) is 1. The Morgan fingerprint density at radius 1 is 1.42 bits per heavy atom. The fraction of sp³-hybridized carbons (Fsp3) is 0.375. The number of ether oxygens (including phenoxy) is 1. The van der Waals surface area contributed by atoms with Gasteiger partial charge in [-0.25, -0.2) is 17.9 Å². The Morgan fingerprint density at radius 2 is 2.12 bits per heavy atom. The summed E-state index contributed by atoms with van der Waals surface area (Å²) in [5.41, 5.74) is 1.87. The Kier molecular flexibility index (Phi) is 5.40. The molecule has 0 aliphatic rings. The second kappa shape index (κ2) is 7.14. The van der Waals surface area contributed by atoms with Crippen LogP contribution in [0.15, 0.2) is 35.4 Å². The third-order valence-electron chi connectivity index (χ3n) is 3.73. The fourth-order valence-electron chi connectivity index (χ4n) is 2.31. The summed E-state index contributed by atoms with van der Waals surface area (Å²) in [5, 5.41) is 4.12. The predicted octanol–water partition coefficient (Wildman–Crippen LogP) is 1.94. The maximum atomic E-state index is 12.6. The van der Waals surface area contributed by atoms with Crippen molar-refractivity contribution in [3.05, 3.63) is 47.3 Å². The average Bonchev–Trinajstić information content (AvgIpc) is 2.87. The Balaban J connectivity index is 2.26. The summed E-state index contributed by atoms with van der Waals surface area (Å²) in [4.78, 5) is 11.8. The van der Waals surface area contributed by atoms with Crippen LogP contribution in [-0.4, -0.2) is 30.8 Å². The zero-order valence-corrected chi connectivity index (χ0v) is 14.9. The number of carbonyl (C=O) groups excluding carboxylic acids is 1. The topological polar surface area (TPSA) is 90.3 Å². The summed E-state index contributed by atoms with van der Waals surface area (Å²) in [7, 11) is -1.99. The quantitative estimate of drug-likeness (QED) is 0.803. The number of nitrogens with zero attached hydrogens (tertiary/aromatic N) is 2. The SMILES string of the molecule is CCOC(=O)c1cccc(S(=O)(=O)N[C@H](C)c2cnn(C)c2C)c1. The molecule has 0 radical (unpaired) electrons. The third kappa shape index (κ3) is 3.82. The van der Waals surface area contributed by atoms with Crippen molar-refractivity contribution in [1.29, 1.82) is 0 Å². The van der Waals surface area contributed by atoms with Gasteiger partial charge in [-0.1, -0.05) is 6.07 Å². The van der Waals surface area contributed by atoms with Crippen LogP contribution in [0.2, 0.25) is 0 Å². The molecule has 1 aromatic carbocycles. The number of nitrogens with one attached hydrogen (secondary N) is 1. The number of aromatic nitrogens is 2. The molecule has 2 aromatic rings. The van der Waals surface area contributed by atoms with Crippen molar-refractivity contribution in [3.8, 4) is 0 Å². The number of carbonyl (C=O) groups is 1. The maximum Gasteiger partial charge on any atom is 0.338 e. The number of aryl methyl sites for hydroxylation is 1. The largest absolute Gasteiger partial charge is 0.462 e. The lowest BCUT2D eigenvalue weighted by Crippen LogP contribution is -2.27. The molecular formula is C16H21N3O4S. The Hall–Kier alpha value is -2.19. The standard InChI is InChI=1S/C16H21N3O4S/c1-5-23-16(20)13-7-6-8-14(9-13)24(21,22)18-11(2)15-10-17-19(4)12(15)3/h6-11,18H,5H2,1-4H3/t11-/m1/s1. The van der Waals surface area contributed by atoms with E-state index in [2.05, 4.69) is 9.82 Å². The number of rotatable bonds is 6. The average molecular weight is 351 g/mol. The lowest BCUT2D eigenvalue weighted by Gasteiger charge is -2.14. The monoisotopic (exact) mass is 351 g/mol. The van der Waals surface area contributed by atoms with Gasteiger partial charge in [-0.3, -0.25) is 4.68 Å². The summed E-state index contributed by atoms with van der Waals surface area (Å²) in [6.45, 7) is 5.54. The lowest BCUT2D eigenvalue weighted by atomic mass is 10.1. The van der Waals surface area contributed by atoms with Gasteiger partial charge in [-0.15, -0.1) is 0 Å². The summed E-state index contributed by atoms with van der Waals surface area (Å²) < 4.78 is 34.3. The first-order valence-electron chi connectivity index (χ1n) is 7.54. The molecule has 7 nitrogen and oxygen atoms in total. The van der Waals surface area contributed by atoms with Crippen molar-refractivity contribution < 1.29 is 17.9 Å². The Bertz CT molecular complexity index is 843. The predicted molar refractivity (Wildman–Crippen MR) is 89.1 cm³/mol. The highest BCUT2D eigenvalue weighted by Crippen LogP contribution is 2.20. The highest BCUT2D eigenvalue weighted by atomic mass is 32.2. The molecule has 0 unspecified atom stereocenters. The molecule has 1 N–H and O–H groups in total. The molecule has 0 amide bonds. The molecule has 1 atom stereocenters. The number of hydrogen-bond acceptors (Lipinski definition) is 5. The van der Waals surface area contributed by atoms with E-state index in [0.29, 0.717) is 0 Å². The molecule has 0 saturated carbocycles. The summed E-state index contributed by atoms with van der Waals surface area (Å²) in [5.74, 6) is -0.550. The maximum absolute atomic E-state index is 12.6. The third-order valence-corrected chi connectivity index (χ3v) is 5.27. The summed E-state index contributed by atoms with van der Waals surface area (Å²) >= 11 is 0. The van der Waals surface area contributed by atoms with Gasteiger partial charge in [0.15, 0.2) is 0 Å². The van der Waals surface area contributed by atoms with E-state index in [-0.39, 0.29) is 17.1 Å². The smallest absolute Gasteiger partial charge is 0.338 e. The van der Waals surface area contributed by atoms with Gasteiger partial charge in [0.2, 0.25) is 10.0 Å². The molecule has 1 heterocycles. The highest BCUT2D eigenvalue weighted by Gasteiger charge is 2.22. The molecule has 0 saturated heterocycles. The zero-order chi connectivity index (χ0) is 17.9. The van der Waals surface area contributed by atoms with Gasteiger partial charge < -0.3 is 4.74 Å². The van der Waals surface area contributed by atoms with Gasteiger partial charge in [0.25, 0.3) is 0 Å². The molecule has 24 heavy (non-hydrogen) atoms. The van der Waals surface area contributed by atoms with Crippen LogP contribution in [0.25, 0.3) is 0 Å². The molecule has 0 fully saturated rings. The van der Waals surface area contributed by atoms with E-state index >= 15 is 0 Å². The number of sulfonamides is 1. The van der Waals surface area contributed by atoms with Crippen LogP contribution < -0.4 is 4.72 Å². The van der Waals surface area contributed by atoms with Crippen LogP contribution in [0.1, 0.15) is 41.5 Å². The van der Waals surface area contributed by atoms with Gasteiger partial charge in [0.1, 0.15) is 0 Å². The first-order valence-corrected chi connectivity index (χ1v) is 9.02. The normalized spacial score (nSPS) is 12.8. The molecule has 0 aliphatic carbocycles. The van der Waals surface area contributed by atoms with E-state index in [1.165, 1.54) is 24.3 Å². The number of esters is 1. The van der Waals surface area contributed by atoms with Crippen molar-refractivity contribution in [1.82, 2.24) is 14.5 Å². The van der Waals surface area contributed by atoms with E-state index in [4.69, 9.17) is 4.74 Å². The van der Waals surface area contributed by atoms with Crippen LogP contribution in [0.3, 0.4) is 0 Å². The van der Waals surface area contributed by atoms with E-state index in [1.807, 2.05) is 6.92 Å². The summed E-state index contributed by atoms with van der Waals surface area (Å²) in [6.07, 6.45) is 1.64. The van der Waals surface area contributed by atoms with Gasteiger partial charge in [0.05, 0.1) is 23.3 Å². The van der Waals surface area contributed by atoms with E-state index in [1.54, 1.807) is 31.8 Å². The first kappa shape index (κ1) is 18.2. The highest BCUT2D eigenvalue weighted by molar-refractivity contribution is 7.89. The van der Waals surface area contributed by atoms with Crippen molar-refractivity contribution in [2.75, 3.05) is 6.61 Å². The van der Waals surface area contributed by atoms with Gasteiger partial charge >= 0.3 is 5.97 Å². The second-order valence-electron chi connectivity index (χ2n) is 5.40. The summed E-state index contributed by atoms with van der Waals surface area (Å²) in [6, 6.07) is 5.33. The zero-order valence-electron chi connectivity index (χ0n) is 14.1. The molecule has 2 rings (SSSR count). The van der Waals surface area contributed by atoms with Crippen LogP contribution in [0.4, 0.5) is 0 Å². The van der Waals surface area contributed by atoms with Crippen molar-refractivity contribution in [2.45, 2.75) is 31.7 Å². The van der Waals surface area contributed by atoms with Crippen LogP contribution >= 0.6 is 0 Å². The molecule has 0 spiro atoms.